The Balaban J connectivity index is 2.27. The molecule has 1 aromatic carbocycles. The van der Waals surface area contributed by atoms with Gasteiger partial charge in [0.15, 0.2) is 5.96 Å². The van der Waals surface area contributed by atoms with Gasteiger partial charge in [-0.25, -0.2) is 0 Å². The van der Waals surface area contributed by atoms with Gasteiger partial charge in [-0.1, -0.05) is 29.8 Å². The van der Waals surface area contributed by atoms with Crippen molar-refractivity contribution in [2.24, 2.45) is 4.99 Å². The fourth-order valence-corrected chi connectivity index (χ4v) is 1.99. The van der Waals surface area contributed by atoms with Crippen LogP contribution in [0.2, 0.25) is 0 Å². The van der Waals surface area contributed by atoms with Crippen molar-refractivity contribution in [2.75, 3.05) is 32.1 Å². The summed E-state index contributed by atoms with van der Waals surface area (Å²) in [7, 11) is 1.81. The van der Waals surface area contributed by atoms with E-state index in [2.05, 4.69) is 53.1 Å². The van der Waals surface area contributed by atoms with E-state index in [1.807, 2.05) is 11.8 Å². The van der Waals surface area contributed by atoms with Gasteiger partial charge in [-0.05, 0) is 25.2 Å². The number of hydrogen-bond donors (Lipinski definition) is 2. The van der Waals surface area contributed by atoms with Crippen LogP contribution in [0.3, 0.4) is 0 Å². The molecule has 0 saturated heterocycles. The Morgan fingerprint density at radius 1 is 1.28 bits per heavy atom. The van der Waals surface area contributed by atoms with Crippen LogP contribution in [0.5, 0.6) is 0 Å². The van der Waals surface area contributed by atoms with Gasteiger partial charge in [0.05, 0.1) is 0 Å². The van der Waals surface area contributed by atoms with Crippen molar-refractivity contribution in [3.05, 3.63) is 35.4 Å². The minimum absolute atomic E-state index is 0.886. The summed E-state index contributed by atoms with van der Waals surface area (Å²) in [6.07, 6.45) is 3.13. The van der Waals surface area contributed by atoms with Crippen molar-refractivity contribution >= 4 is 17.7 Å². The molecule has 0 aromatic heterocycles. The molecule has 0 fully saturated rings. The highest BCUT2D eigenvalue weighted by atomic mass is 32.2. The monoisotopic (exact) mass is 265 g/mol. The molecule has 0 bridgehead atoms. The molecule has 0 saturated carbocycles. The predicted octanol–water partition coefficient (Wildman–Crippen LogP) is 2.07. The molecule has 0 unspecified atom stereocenters. The van der Waals surface area contributed by atoms with Crippen molar-refractivity contribution in [3.63, 3.8) is 0 Å². The van der Waals surface area contributed by atoms with Crippen LogP contribution in [0.1, 0.15) is 11.1 Å². The Hall–Kier alpha value is -1.16. The number of rotatable bonds is 6. The summed E-state index contributed by atoms with van der Waals surface area (Å²) in [5, 5.41) is 6.61. The van der Waals surface area contributed by atoms with E-state index in [1.54, 1.807) is 7.05 Å². The molecule has 0 radical (unpaired) electrons. The zero-order valence-corrected chi connectivity index (χ0v) is 12.3. The number of guanidine groups is 1. The van der Waals surface area contributed by atoms with Crippen LogP contribution in [0.25, 0.3) is 0 Å². The first-order valence-corrected chi connectivity index (χ1v) is 7.64. The lowest BCUT2D eigenvalue weighted by Gasteiger charge is -2.11. The Kier molecular flexibility index (Phi) is 7.34. The van der Waals surface area contributed by atoms with Gasteiger partial charge in [0.1, 0.15) is 0 Å². The maximum Gasteiger partial charge on any atom is 0.191 e. The van der Waals surface area contributed by atoms with E-state index < -0.39 is 0 Å². The lowest BCUT2D eigenvalue weighted by Crippen LogP contribution is -2.39. The highest BCUT2D eigenvalue weighted by Gasteiger charge is 1.97. The number of aliphatic imine (C=N–C) groups is 1. The summed E-state index contributed by atoms with van der Waals surface area (Å²) in [6, 6.07) is 8.63. The highest BCUT2D eigenvalue weighted by Crippen LogP contribution is 2.03. The largest absolute Gasteiger partial charge is 0.356 e. The van der Waals surface area contributed by atoms with Crippen LogP contribution in [-0.2, 0) is 6.42 Å². The molecule has 0 atom stereocenters. The van der Waals surface area contributed by atoms with E-state index in [1.165, 1.54) is 11.1 Å². The molecular weight excluding hydrogens is 242 g/mol. The summed E-state index contributed by atoms with van der Waals surface area (Å²) in [5.41, 5.74) is 2.68. The van der Waals surface area contributed by atoms with Crippen molar-refractivity contribution in [1.82, 2.24) is 10.6 Å². The van der Waals surface area contributed by atoms with E-state index in [4.69, 9.17) is 0 Å². The fraction of sp³-hybridized carbons (Fsp3) is 0.500. The molecule has 0 aliphatic heterocycles. The zero-order chi connectivity index (χ0) is 13.2. The molecule has 0 amide bonds. The quantitative estimate of drug-likeness (QED) is 0.470. The van der Waals surface area contributed by atoms with Crippen molar-refractivity contribution in [2.45, 2.75) is 13.3 Å². The smallest absolute Gasteiger partial charge is 0.191 e. The minimum Gasteiger partial charge on any atom is -0.356 e. The molecule has 0 aliphatic rings. The molecule has 1 rings (SSSR count). The Morgan fingerprint density at radius 2 is 2.06 bits per heavy atom. The average Bonchev–Trinajstić information content (AvgIpc) is 2.37. The van der Waals surface area contributed by atoms with Crippen LogP contribution in [0.15, 0.2) is 29.3 Å². The lowest BCUT2D eigenvalue weighted by molar-refractivity contribution is 0.812. The molecule has 100 valence electrons. The summed E-state index contributed by atoms with van der Waals surface area (Å²) < 4.78 is 0. The number of aryl methyl sites for hydroxylation is 1. The fourth-order valence-electron chi connectivity index (χ4n) is 1.68. The summed E-state index contributed by atoms with van der Waals surface area (Å²) in [5.74, 6) is 1.98. The second-order valence-corrected chi connectivity index (χ2v) is 5.14. The number of thioether (sulfide) groups is 1. The van der Waals surface area contributed by atoms with Crippen molar-refractivity contribution < 1.29 is 0 Å². The van der Waals surface area contributed by atoms with Crippen LogP contribution in [-0.4, -0.2) is 38.1 Å². The summed E-state index contributed by atoms with van der Waals surface area (Å²) in [4.78, 5) is 4.19. The molecule has 2 N–H and O–H groups in total. The normalized spacial score (nSPS) is 11.4. The second kappa shape index (κ2) is 8.86. The van der Waals surface area contributed by atoms with Gasteiger partial charge in [-0.2, -0.15) is 11.8 Å². The summed E-state index contributed by atoms with van der Waals surface area (Å²) in [6.45, 7) is 3.98. The van der Waals surface area contributed by atoms with Crippen LogP contribution in [0, 0.1) is 6.92 Å². The van der Waals surface area contributed by atoms with Crippen molar-refractivity contribution in [3.8, 4) is 0 Å². The van der Waals surface area contributed by atoms with E-state index in [0.29, 0.717) is 0 Å². The molecule has 18 heavy (non-hydrogen) atoms. The van der Waals surface area contributed by atoms with Gasteiger partial charge in [0.2, 0.25) is 0 Å². The number of hydrogen-bond acceptors (Lipinski definition) is 2. The lowest BCUT2D eigenvalue weighted by atomic mass is 10.1. The van der Waals surface area contributed by atoms with Gasteiger partial charge < -0.3 is 10.6 Å². The average molecular weight is 265 g/mol. The molecule has 4 heteroatoms. The molecular formula is C14H23N3S. The van der Waals surface area contributed by atoms with E-state index in [0.717, 1.165) is 31.2 Å². The van der Waals surface area contributed by atoms with E-state index >= 15 is 0 Å². The third-order valence-corrected chi connectivity index (χ3v) is 3.22. The molecule has 0 spiro atoms. The van der Waals surface area contributed by atoms with E-state index in [-0.39, 0.29) is 0 Å². The summed E-state index contributed by atoms with van der Waals surface area (Å²) >= 11 is 1.83. The minimum atomic E-state index is 0.886. The van der Waals surface area contributed by atoms with Crippen LogP contribution >= 0.6 is 11.8 Å². The first-order valence-electron chi connectivity index (χ1n) is 6.25. The molecule has 0 heterocycles. The number of nitrogens with zero attached hydrogens (tertiary/aromatic N) is 1. The molecule has 0 aliphatic carbocycles. The maximum atomic E-state index is 4.19. The first kappa shape index (κ1) is 14.9. The third kappa shape index (κ3) is 5.96. The predicted molar refractivity (Wildman–Crippen MR) is 82.6 cm³/mol. The highest BCUT2D eigenvalue weighted by molar-refractivity contribution is 7.98. The van der Waals surface area contributed by atoms with Gasteiger partial charge in [0.25, 0.3) is 0 Å². The Morgan fingerprint density at radius 3 is 2.72 bits per heavy atom. The standard InChI is InChI=1S/C14H23N3S/c1-12-5-4-6-13(11-12)7-8-16-14(15-2)17-9-10-18-3/h4-6,11H,7-10H2,1-3H3,(H2,15,16,17). The second-order valence-electron chi connectivity index (χ2n) is 4.16. The van der Waals surface area contributed by atoms with E-state index in [9.17, 15) is 0 Å². The molecule has 1 aromatic rings. The Bertz CT molecular complexity index is 377. The van der Waals surface area contributed by atoms with Gasteiger partial charge in [0, 0.05) is 25.9 Å². The van der Waals surface area contributed by atoms with Gasteiger partial charge in [-0.15, -0.1) is 0 Å². The van der Waals surface area contributed by atoms with Crippen molar-refractivity contribution in [1.29, 1.82) is 0 Å². The number of benzene rings is 1. The Labute approximate surface area is 114 Å². The zero-order valence-electron chi connectivity index (χ0n) is 11.5. The number of nitrogens with one attached hydrogen (secondary N) is 2. The first-order chi connectivity index (χ1) is 8.76. The SMILES string of the molecule is CN=C(NCCSC)NCCc1cccc(C)c1. The topological polar surface area (TPSA) is 36.4 Å². The van der Waals surface area contributed by atoms with Crippen LogP contribution in [0.4, 0.5) is 0 Å². The van der Waals surface area contributed by atoms with Gasteiger partial charge >= 0.3 is 0 Å². The maximum absolute atomic E-state index is 4.19. The molecule has 3 nitrogen and oxygen atoms in total. The third-order valence-electron chi connectivity index (χ3n) is 2.61. The van der Waals surface area contributed by atoms with Gasteiger partial charge in [-0.3, -0.25) is 4.99 Å². The van der Waals surface area contributed by atoms with Crippen LogP contribution < -0.4 is 10.6 Å².